The van der Waals surface area contributed by atoms with Crippen LogP contribution in [0, 0.1) is 11.6 Å². The Bertz CT molecular complexity index is 558. The quantitative estimate of drug-likeness (QED) is 0.844. The summed E-state index contributed by atoms with van der Waals surface area (Å²) in [6.45, 7) is 2.81. The molecule has 0 saturated carbocycles. The molecular weight excluding hydrogens is 270 g/mol. The van der Waals surface area contributed by atoms with Gasteiger partial charge in [0.15, 0.2) is 0 Å². The van der Waals surface area contributed by atoms with E-state index in [1.165, 1.54) is 12.1 Å². The number of benzene rings is 1. The molecule has 1 N–H and O–H groups in total. The molecule has 0 aliphatic carbocycles. The molecule has 21 heavy (non-hydrogen) atoms. The molecule has 112 valence electrons. The first kappa shape index (κ1) is 15.6. The zero-order valence-corrected chi connectivity index (χ0v) is 12.2. The summed E-state index contributed by atoms with van der Waals surface area (Å²) in [6, 6.07) is 7.67. The molecule has 2 aromatic rings. The number of nitrogens with zero attached hydrogens (tertiary/aromatic N) is 1. The Labute approximate surface area is 124 Å². The smallest absolute Gasteiger partial charge is 0.126 e. The van der Waals surface area contributed by atoms with Crippen molar-refractivity contribution in [3.63, 3.8) is 0 Å². The van der Waals surface area contributed by atoms with E-state index in [1.54, 1.807) is 6.20 Å². The van der Waals surface area contributed by atoms with Gasteiger partial charge in [0.2, 0.25) is 0 Å². The third-order valence-corrected chi connectivity index (χ3v) is 3.47. The van der Waals surface area contributed by atoms with E-state index in [2.05, 4.69) is 10.3 Å². The Hall–Kier alpha value is -1.81. The molecule has 0 radical (unpaired) electrons. The summed E-state index contributed by atoms with van der Waals surface area (Å²) >= 11 is 0. The minimum Gasteiger partial charge on any atom is -0.314 e. The molecule has 2 nitrogen and oxygen atoms in total. The first-order valence-corrected chi connectivity index (χ1v) is 7.25. The van der Waals surface area contributed by atoms with Crippen LogP contribution in [-0.4, -0.2) is 17.6 Å². The average Bonchev–Trinajstić information content (AvgIpc) is 2.50. The molecule has 1 aromatic carbocycles. The van der Waals surface area contributed by atoms with Crippen LogP contribution in [0.4, 0.5) is 8.78 Å². The molecule has 0 saturated heterocycles. The molecule has 4 heteroatoms. The molecule has 1 atom stereocenters. The number of pyridine rings is 1. The topological polar surface area (TPSA) is 24.9 Å². The highest BCUT2D eigenvalue weighted by Crippen LogP contribution is 2.14. The van der Waals surface area contributed by atoms with Gasteiger partial charge < -0.3 is 5.32 Å². The number of halogens is 2. The highest BCUT2D eigenvalue weighted by atomic mass is 19.1. The Morgan fingerprint density at radius 3 is 2.81 bits per heavy atom. The van der Waals surface area contributed by atoms with Gasteiger partial charge in [0, 0.05) is 18.4 Å². The van der Waals surface area contributed by atoms with Gasteiger partial charge in [0.1, 0.15) is 11.6 Å². The van der Waals surface area contributed by atoms with Gasteiger partial charge in [-0.2, -0.15) is 0 Å². The molecule has 0 fully saturated rings. The lowest BCUT2D eigenvalue weighted by Crippen LogP contribution is -2.31. The summed E-state index contributed by atoms with van der Waals surface area (Å²) < 4.78 is 27.0. The third kappa shape index (κ3) is 4.90. The van der Waals surface area contributed by atoms with Crippen molar-refractivity contribution in [1.29, 1.82) is 0 Å². The molecule has 1 unspecified atom stereocenters. The summed E-state index contributed by atoms with van der Waals surface area (Å²) in [5, 5.41) is 3.34. The Kier molecular flexibility index (Phi) is 5.81. The maximum Gasteiger partial charge on any atom is 0.126 e. The standard InChI is InChI=1S/C17H20F2N2/c1-2-21-16(7-5-13-4-3-9-20-12-13)11-14-10-15(18)6-8-17(14)19/h3-4,6,8-10,12,16,21H,2,5,7,11H2,1H3. The van der Waals surface area contributed by atoms with E-state index in [1.807, 2.05) is 25.3 Å². The summed E-state index contributed by atoms with van der Waals surface area (Å²) in [6.07, 6.45) is 5.79. The minimum atomic E-state index is -0.395. The van der Waals surface area contributed by atoms with Gasteiger partial charge in [-0.25, -0.2) is 8.78 Å². The van der Waals surface area contributed by atoms with E-state index in [-0.39, 0.29) is 11.9 Å². The first-order valence-electron chi connectivity index (χ1n) is 7.25. The van der Waals surface area contributed by atoms with Gasteiger partial charge in [-0.1, -0.05) is 13.0 Å². The predicted molar refractivity (Wildman–Crippen MR) is 80.1 cm³/mol. The molecule has 0 amide bonds. The van der Waals surface area contributed by atoms with Crippen LogP contribution in [0.1, 0.15) is 24.5 Å². The number of aryl methyl sites for hydroxylation is 1. The Balaban J connectivity index is 2.00. The van der Waals surface area contributed by atoms with Gasteiger partial charge in [-0.3, -0.25) is 4.98 Å². The second-order valence-electron chi connectivity index (χ2n) is 5.09. The molecular formula is C17H20F2N2. The Morgan fingerprint density at radius 1 is 1.24 bits per heavy atom. The van der Waals surface area contributed by atoms with Crippen LogP contribution < -0.4 is 5.32 Å². The van der Waals surface area contributed by atoms with Gasteiger partial charge >= 0.3 is 0 Å². The van der Waals surface area contributed by atoms with Crippen molar-refractivity contribution >= 4 is 0 Å². The van der Waals surface area contributed by atoms with Crippen LogP contribution in [-0.2, 0) is 12.8 Å². The molecule has 2 rings (SSSR count). The summed E-state index contributed by atoms with van der Waals surface area (Å²) in [5.74, 6) is -0.741. The fourth-order valence-electron chi connectivity index (χ4n) is 2.42. The monoisotopic (exact) mass is 290 g/mol. The number of hydrogen-bond donors (Lipinski definition) is 1. The highest BCUT2D eigenvalue weighted by molar-refractivity contribution is 5.20. The summed E-state index contributed by atoms with van der Waals surface area (Å²) in [4.78, 5) is 4.09. The van der Waals surface area contributed by atoms with Crippen molar-refractivity contribution in [3.8, 4) is 0 Å². The van der Waals surface area contributed by atoms with Crippen molar-refractivity contribution in [2.45, 2.75) is 32.2 Å². The number of hydrogen-bond acceptors (Lipinski definition) is 2. The van der Waals surface area contributed by atoms with Crippen LogP contribution >= 0.6 is 0 Å². The Morgan fingerprint density at radius 2 is 2.10 bits per heavy atom. The maximum atomic E-state index is 13.7. The van der Waals surface area contributed by atoms with Gasteiger partial charge in [0.25, 0.3) is 0 Å². The first-order chi connectivity index (χ1) is 10.2. The van der Waals surface area contributed by atoms with Crippen molar-refractivity contribution in [2.24, 2.45) is 0 Å². The zero-order valence-electron chi connectivity index (χ0n) is 12.2. The molecule has 0 bridgehead atoms. The third-order valence-electron chi connectivity index (χ3n) is 3.47. The van der Waals surface area contributed by atoms with Crippen molar-refractivity contribution < 1.29 is 8.78 Å². The van der Waals surface area contributed by atoms with Crippen molar-refractivity contribution in [1.82, 2.24) is 10.3 Å². The summed E-state index contributed by atoms with van der Waals surface area (Å²) in [7, 11) is 0. The van der Waals surface area contributed by atoms with Crippen LogP contribution in [0.5, 0.6) is 0 Å². The lowest BCUT2D eigenvalue weighted by Gasteiger charge is -2.18. The highest BCUT2D eigenvalue weighted by Gasteiger charge is 2.12. The van der Waals surface area contributed by atoms with E-state index in [0.29, 0.717) is 12.0 Å². The van der Waals surface area contributed by atoms with Crippen molar-refractivity contribution in [3.05, 3.63) is 65.5 Å². The minimum absolute atomic E-state index is 0.117. The van der Waals surface area contributed by atoms with E-state index in [9.17, 15) is 8.78 Å². The van der Waals surface area contributed by atoms with Crippen LogP contribution in [0.3, 0.4) is 0 Å². The van der Waals surface area contributed by atoms with E-state index >= 15 is 0 Å². The van der Waals surface area contributed by atoms with E-state index < -0.39 is 5.82 Å². The van der Waals surface area contributed by atoms with Crippen molar-refractivity contribution in [2.75, 3.05) is 6.54 Å². The fourth-order valence-corrected chi connectivity index (χ4v) is 2.42. The average molecular weight is 290 g/mol. The van der Waals surface area contributed by atoms with Gasteiger partial charge in [0.05, 0.1) is 0 Å². The normalized spacial score (nSPS) is 12.3. The number of likely N-dealkylation sites (N-methyl/N-ethyl adjacent to an activating group) is 1. The molecule has 0 aliphatic heterocycles. The van der Waals surface area contributed by atoms with Crippen LogP contribution in [0.2, 0.25) is 0 Å². The predicted octanol–water partition coefficient (Wildman–Crippen LogP) is 3.51. The van der Waals surface area contributed by atoms with E-state index in [4.69, 9.17) is 0 Å². The van der Waals surface area contributed by atoms with Crippen LogP contribution in [0.25, 0.3) is 0 Å². The van der Waals surface area contributed by atoms with E-state index in [0.717, 1.165) is 31.0 Å². The largest absolute Gasteiger partial charge is 0.314 e. The van der Waals surface area contributed by atoms with Gasteiger partial charge in [-0.15, -0.1) is 0 Å². The molecule has 1 aromatic heterocycles. The van der Waals surface area contributed by atoms with Gasteiger partial charge in [-0.05, 0) is 61.2 Å². The second-order valence-corrected chi connectivity index (χ2v) is 5.09. The summed E-state index contributed by atoms with van der Waals surface area (Å²) in [5.41, 5.74) is 1.58. The molecule has 0 aliphatic rings. The van der Waals surface area contributed by atoms with Crippen LogP contribution in [0.15, 0.2) is 42.7 Å². The SMILES string of the molecule is CCNC(CCc1cccnc1)Cc1cc(F)ccc1F. The number of aromatic nitrogens is 1. The molecule has 1 heterocycles. The maximum absolute atomic E-state index is 13.7. The fraction of sp³-hybridized carbons (Fsp3) is 0.353. The zero-order chi connectivity index (χ0) is 15.1. The number of rotatable bonds is 7. The second kappa shape index (κ2) is 7.84. The lowest BCUT2D eigenvalue weighted by molar-refractivity contribution is 0.477. The lowest BCUT2D eigenvalue weighted by atomic mass is 9.99. The number of nitrogens with one attached hydrogen (secondary N) is 1. The molecule has 0 spiro atoms.